The monoisotopic (exact) mass is 286 g/mol. The molecule has 0 saturated carbocycles. The molecular formula is C17H19ClN2. The third-order valence-electron chi connectivity index (χ3n) is 3.91. The molecule has 1 unspecified atom stereocenters. The van der Waals surface area contributed by atoms with Gasteiger partial charge in [0.1, 0.15) is 0 Å². The summed E-state index contributed by atoms with van der Waals surface area (Å²) in [5.74, 6) is 0. The van der Waals surface area contributed by atoms with Crippen LogP contribution in [-0.2, 0) is 0 Å². The Balaban J connectivity index is 1.99. The number of rotatable bonds is 2. The average Bonchev–Trinajstić information content (AvgIpc) is 2.51. The van der Waals surface area contributed by atoms with Crippen molar-refractivity contribution in [1.29, 1.82) is 0 Å². The van der Waals surface area contributed by atoms with Crippen LogP contribution in [-0.4, -0.2) is 19.6 Å². The molecule has 2 aromatic rings. The van der Waals surface area contributed by atoms with Crippen molar-refractivity contribution in [3.05, 3.63) is 64.7 Å². The van der Waals surface area contributed by atoms with Gasteiger partial charge in [-0.15, -0.1) is 0 Å². The summed E-state index contributed by atoms with van der Waals surface area (Å²) < 4.78 is 0. The van der Waals surface area contributed by atoms with Crippen molar-refractivity contribution < 1.29 is 0 Å². The van der Waals surface area contributed by atoms with E-state index in [1.807, 2.05) is 6.07 Å². The topological polar surface area (TPSA) is 15.3 Å². The van der Waals surface area contributed by atoms with Gasteiger partial charge in [0, 0.05) is 30.3 Å². The first-order valence-corrected chi connectivity index (χ1v) is 7.42. The van der Waals surface area contributed by atoms with Gasteiger partial charge in [0.15, 0.2) is 0 Å². The van der Waals surface area contributed by atoms with Crippen LogP contribution in [0.3, 0.4) is 0 Å². The molecule has 3 heteroatoms. The Bertz CT molecular complexity index is 583. The maximum Gasteiger partial charge on any atom is 0.0667 e. The highest BCUT2D eigenvalue weighted by Gasteiger charge is 2.24. The summed E-state index contributed by atoms with van der Waals surface area (Å²) in [4.78, 5) is 2.47. The minimum atomic E-state index is 0.363. The quantitative estimate of drug-likeness (QED) is 0.903. The van der Waals surface area contributed by atoms with E-state index in [2.05, 4.69) is 59.6 Å². The molecule has 0 bridgehead atoms. The Kier molecular flexibility index (Phi) is 3.95. The van der Waals surface area contributed by atoms with Crippen LogP contribution in [0, 0.1) is 6.92 Å². The second kappa shape index (κ2) is 5.86. The van der Waals surface area contributed by atoms with Crippen molar-refractivity contribution in [3.63, 3.8) is 0 Å². The second-order valence-corrected chi connectivity index (χ2v) is 5.69. The smallest absolute Gasteiger partial charge is 0.0667 e. The lowest BCUT2D eigenvalue weighted by atomic mass is 10.0. The van der Waals surface area contributed by atoms with Crippen molar-refractivity contribution in [1.82, 2.24) is 5.32 Å². The number of halogens is 1. The van der Waals surface area contributed by atoms with E-state index in [4.69, 9.17) is 11.6 Å². The van der Waals surface area contributed by atoms with Gasteiger partial charge >= 0.3 is 0 Å². The molecule has 0 amide bonds. The molecule has 1 aliphatic rings. The molecule has 2 aromatic carbocycles. The van der Waals surface area contributed by atoms with Crippen molar-refractivity contribution in [2.75, 3.05) is 24.5 Å². The molecule has 2 nitrogen and oxygen atoms in total. The number of hydrogen-bond acceptors (Lipinski definition) is 2. The molecular weight excluding hydrogens is 268 g/mol. The fourth-order valence-corrected chi connectivity index (χ4v) is 3.02. The molecule has 0 aliphatic carbocycles. The lowest BCUT2D eigenvalue weighted by Crippen LogP contribution is -2.46. The maximum absolute atomic E-state index is 6.19. The van der Waals surface area contributed by atoms with Gasteiger partial charge in [-0.3, -0.25) is 0 Å². The summed E-state index contributed by atoms with van der Waals surface area (Å²) in [5.41, 5.74) is 3.86. The van der Waals surface area contributed by atoms with E-state index >= 15 is 0 Å². The zero-order valence-corrected chi connectivity index (χ0v) is 12.4. The fraction of sp³-hybridized carbons (Fsp3) is 0.294. The predicted molar refractivity (Wildman–Crippen MR) is 85.6 cm³/mol. The van der Waals surface area contributed by atoms with Crippen LogP contribution in [0.1, 0.15) is 17.2 Å². The molecule has 1 fully saturated rings. The Hall–Kier alpha value is -1.51. The van der Waals surface area contributed by atoms with Crippen LogP contribution in [0.15, 0.2) is 48.5 Å². The molecule has 1 saturated heterocycles. The second-order valence-electron chi connectivity index (χ2n) is 5.25. The van der Waals surface area contributed by atoms with E-state index in [-0.39, 0.29) is 0 Å². The number of piperazine rings is 1. The summed E-state index contributed by atoms with van der Waals surface area (Å²) in [6, 6.07) is 17.2. The van der Waals surface area contributed by atoms with Gasteiger partial charge in [-0.1, -0.05) is 48.0 Å². The SMILES string of the molecule is Cc1ccc(Cl)cc1N1CCNCC1c1ccccc1. The van der Waals surface area contributed by atoms with Crippen molar-refractivity contribution in [3.8, 4) is 0 Å². The zero-order chi connectivity index (χ0) is 13.9. The minimum Gasteiger partial charge on any atom is -0.362 e. The molecule has 0 radical (unpaired) electrons. The third-order valence-corrected chi connectivity index (χ3v) is 4.14. The highest BCUT2D eigenvalue weighted by Crippen LogP contribution is 2.32. The van der Waals surface area contributed by atoms with Crippen LogP contribution >= 0.6 is 11.6 Å². The highest BCUT2D eigenvalue weighted by molar-refractivity contribution is 6.30. The summed E-state index contributed by atoms with van der Waals surface area (Å²) in [7, 11) is 0. The fourth-order valence-electron chi connectivity index (χ4n) is 2.86. The molecule has 20 heavy (non-hydrogen) atoms. The molecule has 0 aromatic heterocycles. The van der Waals surface area contributed by atoms with Gasteiger partial charge in [-0.05, 0) is 30.2 Å². The van der Waals surface area contributed by atoms with Crippen LogP contribution in [0.4, 0.5) is 5.69 Å². The molecule has 0 spiro atoms. The van der Waals surface area contributed by atoms with Gasteiger partial charge in [-0.25, -0.2) is 0 Å². The van der Waals surface area contributed by atoms with E-state index < -0.39 is 0 Å². The number of benzene rings is 2. The summed E-state index contributed by atoms with van der Waals surface area (Å²) in [6.07, 6.45) is 0. The lowest BCUT2D eigenvalue weighted by Gasteiger charge is -2.39. The maximum atomic E-state index is 6.19. The van der Waals surface area contributed by atoms with Gasteiger partial charge in [0.2, 0.25) is 0 Å². The number of nitrogens with zero attached hydrogens (tertiary/aromatic N) is 1. The van der Waals surface area contributed by atoms with Crippen LogP contribution in [0.25, 0.3) is 0 Å². The van der Waals surface area contributed by atoms with E-state index in [0.717, 1.165) is 24.7 Å². The van der Waals surface area contributed by atoms with Gasteiger partial charge in [0.25, 0.3) is 0 Å². The molecule has 1 heterocycles. The Morgan fingerprint density at radius 3 is 2.75 bits per heavy atom. The Morgan fingerprint density at radius 2 is 1.95 bits per heavy atom. The van der Waals surface area contributed by atoms with Crippen LogP contribution in [0.2, 0.25) is 5.02 Å². The molecule has 1 atom stereocenters. The summed E-state index contributed by atoms with van der Waals surface area (Å²) in [5, 5.41) is 4.29. The van der Waals surface area contributed by atoms with E-state index in [1.165, 1.54) is 16.8 Å². The molecule has 3 rings (SSSR count). The summed E-state index contributed by atoms with van der Waals surface area (Å²) in [6.45, 7) is 5.13. The number of nitrogens with one attached hydrogen (secondary N) is 1. The largest absolute Gasteiger partial charge is 0.362 e. The third kappa shape index (κ3) is 2.67. The van der Waals surface area contributed by atoms with Crippen LogP contribution in [0.5, 0.6) is 0 Å². The first-order valence-electron chi connectivity index (χ1n) is 7.04. The van der Waals surface area contributed by atoms with E-state index in [1.54, 1.807) is 0 Å². The number of aryl methyl sites for hydroxylation is 1. The minimum absolute atomic E-state index is 0.363. The van der Waals surface area contributed by atoms with E-state index in [9.17, 15) is 0 Å². The first-order chi connectivity index (χ1) is 9.75. The predicted octanol–water partition coefficient (Wildman–Crippen LogP) is 3.80. The Morgan fingerprint density at radius 1 is 1.15 bits per heavy atom. The average molecular weight is 287 g/mol. The van der Waals surface area contributed by atoms with Gasteiger partial charge < -0.3 is 10.2 Å². The highest BCUT2D eigenvalue weighted by atomic mass is 35.5. The standard InChI is InChI=1S/C17H19ClN2/c1-13-7-8-15(18)11-16(13)20-10-9-19-12-17(20)14-5-3-2-4-6-14/h2-8,11,17,19H,9-10,12H2,1H3. The zero-order valence-electron chi connectivity index (χ0n) is 11.6. The van der Waals surface area contributed by atoms with Crippen molar-refractivity contribution >= 4 is 17.3 Å². The van der Waals surface area contributed by atoms with Crippen molar-refractivity contribution in [2.24, 2.45) is 0 Å². The normalized spacial score (nSPS) is 19.1. The van der Waals surface area contributed by atoms with Gasteiger partial charge in [-0.2, -0.15) is 0 Å². The summed E-state index contributed by atoms with van der Waals surface area (Å²) >= 11 is 6.19. The molecule has 1 N–H and O–H groups in total. The van der Waals surface area contributed by atoms with Crippen molar-refractivity contribution in [2.45, 2.75) is 13.0 Å². The molecule has 104 valence electrons. The van der Waals surface area contributed by atoms with Gasteiger partial charge in [0.05, 0.1) is 6.04 Å². The molecule has 1 aliphatic heterocycles. The lowest BCUT2D eigenvalue weighted by molar-refractivity contribution is 0.489. The number of anilines is 1. The van der Waals surface area contributed by atoms with E-state index in [0.29, 0.717) is 6.04 Å². The first kappa shape index (κ1) is 13.5. The van der Waals surface area contributed by atoms with Crippen LogP contribution < -0.4 is 10.2 Å². The number of hydrogen-bond donors (Lipinski definition) is 1. The Labute approximate surface area is 125 Å².